The lowest BCUT2D eigenvalue weighted by atomic mass is 10.0. The molecular formula is C17H20ClN. The molecule has 0 heterocycles. The van der Waals surface area contributed by atoms with Crippen molar-refractivity contribution in [1.82, 2.24) is 0 Å². The van der Waals surface area contributed by atoms with Crippen LogP contribution in [0.5, 0.6) is 0 Å². The van der Waals surface area contributed by atoms with Gasteiger partial charge in [-0.15, -0.1) is 0 Å². The smallest absolute Gasteiger partial charge is 0.0426 e. The summed E-state index contributed by atoms with van der Waals surface area (Å²) in [4.78, 5) is 0. The number of benzene rings is 2. The lowest BCUT2D eigenvalue weighted by Gasteiger charge is -2.20. The van der Waals surface area contributed by atoms with Crippen LogP contribution in [0.3, 0.4) is 0 Å². The standard InChI is InChI=1S/C17H20ClN/c1-3-16(11-14-7-5-4-6-8-14)19-17-12-15(18)10-9-13(17)2/h4-10,12,16,19H,3,11H2,1-2H3. The molecule has 2 heteroatoms. The molecule has 1 unspecified atom stereocenters. The largest absolute Gasteiger partial charge is 0.382 e. The Hall–Kier alpha value is -1.47. The Morgan fingerprint density at radius 2 is 1.84 bits per heavy atom. The van der Waals surface area contributed by atoms with E-state index in [0.29, 0.717) is 6.04 Å². The molecular weight excluding hydrogens is 254 g/mol. The zero-order valence-corrected chi connectivity index (χ0v) is 12.2. The van der Waals surface area contributed by atoms with Gasteiger partial charge in [-0.2, -0.15) is 0 Å². The van der Waals surface area contributed by atoms with Crippen molar-refractivity contribution in [3.63, 3.8) is 0 Å². The Labute approximate surface area is 120 Å². The van der Waals surface area contributed by atoms with Gasteiger partial charge in [0.25, 0.3) is 0 Å². The average Bonchev–Trinajstić information content (AvgIpc) is 2.43. The van der Waals surface area contributed by atoms with E-state index in [1.54, 1.807) is 0 Å². The maximum atomic E-state index is 6.06. The summed E-state index contributed by atoms with van der Waals surface area (Å²) in [6.07, 6.45) is 2.12. The van der Waals surface area contributed by atoms with Crippen molar-refractivity contribution in [2.24, 2.45) is 0 Å². The Balaban J connectivity index is 2.09. The van der Waals surface area contributed by atoms with Crippen LogP contribution in [0.4, 0.5) is 5.69 Å². The number of hydrogen-bond donors (Lipinski definition) is 1. The SMILES string of the molecule is CCC(Cc1ccccc1)Nc1cc(Cl)ccc1C. The highest BCUT2D eigenvalue weighted by molar-refractivity contribution is 6.30. The monoisotopic (exact) mass is 273 g/mol. The van der Waals surface area contributed by atoms with E-state index in [-0.39, 0.29) is 0 Å². The zero-order valence-electron chi connectivity index (χ0n) is 11.5. The topological polar surface area (TPSA) is 12.0 Å². The second kappa shape index (κ2) is 6.63. The summed E-state index contributed by atoms with van der Waals surface area (Å²) in [6.45, 7) is 4.31. The quantitative estimate of drug-likeness (QED) is 0.801. The molecule has 1 atom stereocenters. The van der Waals surface area contributed by atoms with Crippen molar-refractivity contribution in [2.45, 2.75) is 32.7 Å². The fraction of sp³-hybridized carbons (Fsp3) is 0.294. The minimum Gasteiger partial charge on any atom is -0.382 e. The van der Waals surface area contributed by atoms with Gasteiger partial charge in [-0.05, 0) is 43.0 Å². The van der Waals surface area contributed by atoms with Crippen molar-refractivity contribution in [3.8, 4) is 0 Å². The van der Waals surface area contributed by atoms with Crippen molar-refractivity contribution in [1.29, 1.82) is 0 Å². The summed E-state index contributed by atoms with van der Waals surface area (Å²) in [7, 11) is 0. The Morgan fingerprint density at radius 1 is 1.11 bits per heavy atom. The summed E-state index contributed by atoms with van der Waals surface area (Å²) in [5, 5.41) is 4.38. The molecule has 19 heavy (non-hydrogen) atoms. The van der Waals surface area contributed by atoms with Crippen molar-refractivity contribution in [3.05, 3.63) is 64.7 Å². The van der Waals surface area contributed by atoms with E-state index >= 15 is 0 Å². The molecule has 100 valence electrons. The molecule has 1 nitrogen and oxygen atoms in total. The molecule has 0 spiro atoms. The van der Waals surface area contributed by atoms with Gasteiger partial charge in [0.05, 0.1) is 0 Å². The van der Waals surface area contributed by atoms with E-state index in [1.807, 2.05) is 12.1 Å². The van der Waals surface area contributed by atoms with Gasteiger partial charge in [0.15, 0.2) is 0 Å². The summed E-state index contributed by atoms with van der Waals surface area (Å²) in [5.41, 5.74) is 3.73. The maximum absolute atomic E-state index is 6.06. The number of nitrogens with one attached hydrogen (secondary N) is 1. The second-order valence-corrected chi connectivity index (χ2v) is 5.33. The number of rotatable bonds is 5. The second-order valence-electron chi connectivity index (χ2n) is 4.90. The minimum absolute atomic E-state index is 0.430. The van der Waals surface area contributed by atoms with E-state index in [9.17, 15) is 0 Å². The number of hydrogen-bond acceptors (Lipinski definition) is 1. The van der Waals surface area contributed by atoms with E-state index < -0.39 is 0 Å². The zero-order chi connectivity index (χ0) is 13.7. The first kappa shape index (κ1) is 14.0. The Morgan fingerprint density at radius 3 is 2.53 bits per heavy atom. The van der Waals surface area contributed by atoms with Crippen LogP contribution < -0.4 is 5.32 Å². The number of aryl methyl sites for hydroxylation is 1. The Bertz CT molecular complexity index is 522. The van der Waals surface area contributed by atoms with Gasteiger partial charge in [-0.25, -0.2) is 0 Å². The molecule has 0 fully saturated rings. The summed E-state index contributed by atoms with van der Waals surface area (Å²) < 4.78 is 0. The molecule has 0 aliphatic carbocycles. The molecule has 0 radical (unpaired) electrons. The van der Waals surface area contributed by atoms with Crippen LogP contribution in [0.1, 0.15) is 24.5 Å². The Kier molecular flexibility index (Phi) is 4.86. The molecule has 0 aliphatic rings. The molecule has 0 aliphatic heterocycles. The van der Waals surface area contributed by atoms with Gasteiger partial charge in [-0.1, -0.05) is 54.9 Å². The molecule has 0 amide bonds. The molecule has 2 aromatic carbocycles. The fourth-order valence-electron chi connectivity index (χ4n) is 2.17. The van der Waals surface area contributed by atoms with Gasteiger partial charge in [-0.3, -0.25) is 0 Å². The van der Waals surface area contributed by atoms with Crippen LogP contribution in [0, 0.1) is 6.92 Å². The first-order valence-electron chi connectivity index (χ1n) is 6.75. The van der Waals surface area contributed by atoms with Gasteiger partial charge in [0.2, 0.25) is 0 Å². The predicted octanol–water partition coefficient (Wildman–Crippen LogP) is 5.08. The third kappa shape index (κ3) is 4.00. The van der Waals surface area contributed by atoms with Crippen LogP contribution >= 0.6 is 11.6 Å². The molecule has 0 aromatic heterocycles. The number of halogens is 1. The van der Waals surface area contributed by atoms with Gasteiger partial charge < -0.3 is 5.32 Å². The normalized spacial score (nSPS) is 12.2. The van der Waals surface area contributed by atoms with E-state index in [2.05, 4.69) is 55.6 Å². The van der Waals surface area contributed by atoms with Crippen LogP contribution in [-0.2, 0) is 6.42 Å². The highest BCUT2D eigenvalue weighted by Gasteiger charge is 2.09. The van der Waals surface area contributed by atoms with E-state index in [0.717, 1.165) is 23.6 Å². The highest BCUT2D eigenvalue weighted by Crippen LogP contribution is 2.22. The predicted molar refractivity (Wildman–Crippen MR) is 84.0 cm³/mol. The van der Waals surface area contributed by atoms with Gasteiger partial charge in [0, 0.05) is 16.8 Å². The minimum atomic E-state index is 0.430. The van der Waals surface area contributed by atoms with Crippen molar-refractivity contribution in [2.75, 3.05) is 5.32 Å². The first-order chi connectivity index (χ1) is 9.19. The summed E-state index contributed by atoms with van der Waals surface area (Å²) in [6, 6.07) is 17.0. The van der Waals surface area contributed by atoms with Crippen LogP contribution in [-0.4, -0.2) is 6.04 Å². The molecule has 1 N–H and O–H groups in total. The fourth-order valence-corrected chi connectivity index (χ4v) is 2.34. The third-order valence-corrected chi connectivity index (χ3v) is 3.61. The van der Waals surface area contributed by atoms with E-state index in [1.165, 1.54) is 11.1 Å². The lowest BCUT2D eigenvalue weighted by molar-refractivity contribution is 0.690. The van der Waals surface area contributed by atoms with Crippen LogP contribution in [0.2, 0.25) is 5.02 Å². The maximum Gasteiger partial charge on any atom is 0.0426 e. The molecule has 0 saturated heterocycles. The third-order valence-electron chi connectivity index (χ3n) is 3.38. The van der Waals surface area contributed by atoms with Crippen LogP contribution in [0.15, 0.2) is 48.5 Å². The highest BCUT2D eigenvalue weighted by atomic mass is 35.5. The lowest BCUT2D eigenvalue weighted by Crippen LogP contribution is -2.21. The summed E-state index contributed by atoms with van der Waals surface area (Å²) in [5.74, 6) is 0. The number of anilines is 1. The molecule has 2 aromatic rings. The average molecular weight is 274 g/mol. The molecule has 0 saturated carbocycles. The van der Waals surface area contributed by atoms with Crippen molar-refractivity contribution >= 4 is 17.3 Å². The first-order valence-corrected chi connectivity index (χ1v) is 7.13. The van der Waals surface area contributed by atoms with Gasteiger partial charge >= 0.3 is 0 Å². The van der Waals surface area contributed by atoms with E-state index in [4.69, 9.17) is 11.6 Å². The van der Waals surface area contributed by atoms with Gasteiger partial charge in [0.1, 0.15) is 0 Å². The molecule has 0 bridgehead atoms. The molecule has 2 rings (SSSR count). The van der Waals surface area contributed by atoms with Crippen LogP contribution in [0.25, 0.3) is 0 Å². The van der Waals surface area contributed by atoms with Crippen molar-refractivity contribution < 1.29 is 0 Å². The summed E-state index contributed by atoms with van der Waals surface area (Å²) >= 11 is 6.06.